The maximum atomic E-state index is 12.8. The van der Waals surface area contributed by atoms with E-state index in [0.717, 1.165) is 40.1 Å². The molecule has 0 unspecified atom stereocenters. The van der Waals surface area contributed by atoms with Gasteiger partial charge in [0.15, 0.2) is 0 Å². The average Bonchev–Trinajstić information content (AvgIpc) is 3.37. The molecule has 2 amide bonds. The van der Waals surface area contributed by atoms with Gasteiger partial charge in [-0.3, -0.25) is 9.59 Å². The van der Waals surface area contributed by atoms with Gasteiger partial charge in [0.2, 0.25) is 0 Å². The highest BCUT2D eigenvalue weighted by molar-refractivity contribution is 6.08. The van der Waals surface area contributed by atoms with Crippen molar-refractivity contribution in [1.82, 2.24) is 9.58 Å². The summed E-state index contributed by atoms with van der Waals surface area (Å²) in [6, 6.07) is 8.16. The number of aromatic nitrogens is 1. The van der Waals surface area contributed by atoms with Crippen molar-refractivity contribution in [2.75, 3.05) is 0 Å². The van der Waals surface area contributed by atoms with E-state index < -0.39 is 0 Å². The van der Waals surface area contributed by atoms with E-state index in [2.05, 4.69) is 47.8 Å². The van der Waals surface area contributed by atoms with E-state index in [1.165, 1.54) is 0 Å². The summed E-state index contributed by atoms with van der Waals surface area (Å²) in [6.07, 6.45) is 6.83. The van der Waals surface area contributed by atoms with Crippen molar-refractivity contribution in [3.05, 3.63) is 47.7 Å². The highest BCUT2D eigenvalue weighted by Gasteiger charge is 2.59. The van der Waals surface area contributed by atoms with Gasteiger partial charge >= 0.3 is 0 Å². The van der Waals surface area contributed by atoms with E-state index >= 15 is 0 Å². The number of carbonyl (C=O) groups excluding carboxylic acids is 2. The smallest absolute Gasteiger partial charge is 0.254 e. The van der Waals surface area contributed by atoms with Crippen LogP contribution in [-0.4, -0.2) is 27.6 Å². The van der Waals surface area contributed by atoms with Gasteiger partial charge in [-0.15, -0.1) is 0 Å². The van der Waals surface area contributed by atoms with Gasteiger partial charge in [0.25, 0.3) is 11.8 Å². The summed E-state index contributed by atoms with van der Waals surface area (Å²) in [6.45, 7) is 5.02. The van der Waals surface area contributed by atoms with Crippen LogP contribution in [0.25, 0.3) is 10.9 Å². The second kappa shape index (κ2) is 5.40. The molecule has 132 valence electrons. The summed E-state index contributed by atoms with van der Waals surface area (Å²) in [5.41, 5.74) is 3.21. The van der Waals surface area contributed by atoms with E-state index in [1.807, 2.05) is 12.1 Å². The Hall–Kier alpha value is -2.69. The summed E-state index contributed by atoms with van der Waals surface area (Å²) < 4.78 is 2.23. The highest BCUT2D eigenvalue weighted by Crippen LogP contribution is 2.52. The molecule has 1 aliphatic heterocycles. The van der Waals surface area contributed by atoms with Crippen LogP contribution in [0.4, 0.5) is 0 Å². The number of imide groups is 1. The molecule has 2 aromatic rings. The molecule has 1 saturated carbocycles. The average molecular weight is 347 g/mol. The first-order valence-corrected chi connectivity index (χ1v) is 9.29. The maximum absolute atomic E-state index is 12.8. The van der Waals surface area contributed by atoms with Gasteiger partial charge in [-0.1, -0.05) is 30.4 Å². The molecule has 2 heterocycles. The molecular weight excluding hydrogens is 326 g/mol. The molecule has 2 aliphatic carbocycles. The SMILES string of the molecule is CCn1c(C)c(/C=N\N2C(=O)[C@@H]3[C@H](C2=O)[C@H]2C=C[C@H]3C2)c2ccccc21. The number of fused-ring (bicyclic) bond motifs is 6. The second-order valence-electron chi connectivity index (χ2n) is 7.49. The Bertz CT molecular complexity index is 970. The Balaban J connectivity index is 1.52. The zero-order valence-corrected chi connectivity index (χ0v) is 14.9. The highest BCUT2D eigenvalue weighted by atomic mass is 16.2. The van der Waals surface area contributed by atoms with E-state index in [4.69, 9.17) is 0 Å². The molecule has 2 fully saturated rings. The molecule has 1 aromatic carbocycles. The van der Waals surface area contributed by atoms with Gasteiger partial charge in [0.05, 0.1) is 18.1 Å². The molecule has 5 rings (SSSR count). The lowest BCUT2D eigenvalue weighted by Gasteiger charge is -2.13. The number of hydrogen-bond donors (Lipinski definition) is 0. The molecule has 2 bridgehead atoms. The number of allylic oxidation sites excluding steroid dienone is 2. The molecule has 1 aromatic heterocycles. The first-order chi connectivity index (χ1) is 12.6. The predicted molar refractivity (Wildman–Crippen MR) is 99.5 cm³/mol. The molecule has 26 heavy (non-hydrogen) atoms. The van der Waals surface area contributed by atoms with Gasteiger partial charge in [0, 0.05) is 28.7 Å². The fourth-order valence-electron chi connectivity index (χ4n) is 5.14. The van der Waals surface area contributed by atoms with Gasteiger partial charge in [-0.05, 0) is 38.2 Å². The van der Waals surface area contributed by atoms with Gasteiger partial charge in [-0.2, -0.15) is 10.1 Å². The fraction of sp³-hybridized carbons (Fsp3) is 0.381. The minimum absolute atomic E-state index is 0.134. The molecule has 1 saturated heterocycles. The molecule has 0 spiro atoms. The van der Waals surface area contributed by atoms with Crippen LogP contribution < -0.4 is 0 Å². The summed E-state index contributed by atoms with van der Waals surface area (Å²) in [5, 5.41) is 6.58. The van der Waals surface area contributed by atoms with Crippen LogP contribution in [0, 0.1) is 30.6 Å². The summed E-state index contributed by atoms with van der Waals surface area (Å²) >= 11 is 0. The van der Waals surface area contributed by atoms with Crippen molar-refractivity contribution in [2.24, 2.45) is 28.8 Å². The first kappa shape index (κ1) is 15.6. The van der Waals surface area contributed by atoms with Crippen LogP contribution in [0.5, 0.6) is 0 Å². The number of carbonyl (C=O) groups is 2. The number of rotatable bonds is 3. The predicted octanol–water partition coefficient (Wildman–Crippen LogP) is 3.11. The van der Waals surface area contributed by atoms with Crippen LogP contribution >= 0.6 is 0 Å². The van der Waals surface area contributed by atoms with Crippen molar-refractivity contribution in [1.29, 1.82) is 0 Å². The quantitative estimate of drug-likeness (QED) is 0.487. The van der Waals surface area contributed by atoms with Crippen LogP contribution in [0.15, 0.2) is 41.5 Å². The van der Waals surface area contributed by atoms with Crippen molar-refractivity contribution in [2.45, 2.75) is 26.8 Å². The third-order valence-corrected chi connectivity index (χ3v) is 6.35. The Morgan fingerprint density at radius 1 is 1.12 bits per heavy atom. The van der Waals surface area contributed by atoms with Crippen molar-refractivity contribution < 1.29 is 9.59 Å². The van der Waals surface area contributed by atoms with E-state index in [0.29, 0.717) is 0 Å². The van der Waals surface area contributed by atoms with Gasteiger partial charge < -0.3 is 4.57 Å². The number of aryl methyl sites for hydroxylation is 1. The lowest BCUT2D eigenvalue weighted by atomic mass is 9.85. The normalized spacial score (nSPS) is 29.7. The standard InChI is InChI=1S/C21H21N3O2/c1-3-23-12(2)16(15-6-4-5-7-17(15)23)11-22-24-20(25)18-13-8-9-14(10-13)19(18)21(24)26/h4-9,11,13-14,18-19H,3,10H2,1-2H3/b22-11-/t13-,14-,18-,19+/m0/s1. The molecule has 0 radical (unpaired) electrons. The number of hydrazone groups is 1. The molecule has 5 nitrogen and oxygen atoms in total. The monoisotopic (exact) mass is 347 g/mol. The molecule has 3 aliphatic rings. The minimum atomic E-state index is -0.201. The Morgan fingerprint density at radius 2 is 1.77 bits per heavy atom. The zero-order chi connectivity index (χ0) is 18.0. The summed E-state index contributed by atoms with van der Waals surface area (Å²) in [7, 11) is 0. The molecule has 4 atom stereocenters. The zero-order valence-electron chi connectivity index (χ0n) is 14.9. The van der Waals surface area contributed by atoms with Crippen LogP contribution in [0.3, 0.4) is 0 Å². The number of amides is 2. The van der Waals surface area contributed by atoms with E-state index in [1.54, 1.807) is 6.21 Å². The van der Waals surface area contributed by atoms with Gasteiger partial charge in [0.1, 0.15) is 0 Å². The van der Waals surface area contributed by atoms with Crippen molar-refractivity contribution >= 4 is 28.9 Å². The van der Waals surface area contributed by atoms with E-state index in [9.17, 15) is 9.59 Å². The van der Waals surface area contributed by atoms with Crippen LogP contribution in [-0.2, 0) is 16.1 Å². The van der Waals surface area contributed by atoms with Crippen molar-refractivity contribution in [3.63, 3.8) is 0 Å². The third kappa shape index (κ3) is 1.88. The Kier molecular flexibility index (Phi) is 3.23. The van der Waals surface area contributed by atoms with Crippen LogP contribution in [0.2, 0.25) is 0 Å². The molecule has 0 N–H and O–H groups in total. The molecular formula is C21H21N3O2. The van der Waals surface area contributed by atoms with Crippen molar-refractivity contribution in [3.8, 4) is 0 Å². The topological polar surface area (TPSA) is 54.7 Å². The number of nitrogens with zero attached hydrogens (tertiary/aromatic N) is 3. The summed E-state index contributed by atoms with van der Waals surface area (Å²) in [5.74, 6) is -0.244. The summed E-state index contributed by atoms with van der Waals surface area (Å²) in [4.78, 5) is 25.5. The first-order valence-electron chi connectivity index (χ1n) is 9.29. The minimum Gasteiger partial charge on any atom is -0.344 e. The fourth-order valence-corrected chi connectivity index (χ4v) is 5.14. The maximum Gasteiger partial charge on any atom is 0.254 e. The number of para-hydroxylation sites is 1. The second-order valence-corrected chi connectivity index (χ2v) is 7.49. The lowest BCUT2D eigenvalue weighted by molar-refractivity contribution is -0.140. The Labute approximate surface area is 152 Å². The van der Waals surface area contributed by atoms with E-state index in [-0.39, 0.29) is 35.5 Å². The Morgan fingerprint density at radius 3 is 2.42 bits per heavy atom. The lowest BCUT2D eigenvalue weighted by Crippen LogP contribution is -2.28. The number of hydrogen-bond acceptors (Lipinski definition) is 3. The number of benzene rings is 1. The van der Waals surface area contributed by atoms with Crippen LogP contribution in [0.1, 0.15) is 24.6 Å². The largest absolute Gasteiger partial charge is 0.344 e. The van der Waals surface area contributed by atoms with Gasteiger partial charge in [-0.25, -0.2) is 0 Å². The molecule has 5 heteroatoms. The third-order valence-electron chi connectivity index (χ3n) is 6.35.